The molecule has 2 heterocycles. The average molecular weight is 803 g/mol. The normalized spacial score (nSPS) is 24.6. The predicted molar refractivity (Wildman–Crippen MR) is 201 cm³/mol. The summed E-state index contributed by atoms with van der Waals surface area (Å²) in [6.45, 7) is 11.3. The molecule has 1 aromatic carbocycles. The molecule has 19 heteroatoms. The van der Waals surface area contributed by atoms with Crippen LogP contribution in [0.15, 0.2) is 59.5 Å². The number of carbonyl (C=O) groups excluding carboxylic acids is 5. The van der Waals surface area contributed by atoms with Crippen LogP contribution in [0.4, 0.5) is 0 Å². The summed E-state index contributed by atoms with van der Waals surface area (Å²) >= 11 is 6.37. The van der Waals surface area contributed by atoms with Gasteiger partial charge in [-0.25, -0.2) is 9.59 Å². The molecule has 5 amide bonds. The van der Waals surface area contributed by atoms with Crippen LogP contribution >= 0.6 is 11.6 Å². The highest BCUT2D eigenvalue weighted by molar-refractivity contribution is 6.32. The second-order valence-electron chi connectivity index (χ2n) is 13.7. The molecule has 0 aromatic heterocycles. The van der Waals surface area contributed by atoms with Crippen molar-refractivity contribution in [2.24, 2.45) is 0 Å². The number of aliphatic hydroxyl groups excluding tert-OH is 1. The molecule has 8 N–H and O–H groups in total. The number of hydrogen-bond acceptors (Lipinski definition) is 11. The molecule has 0 fully saturated rings. The molecule has 18 nitrogen and oxygen atoms in total. The van der Waals surface area contributed by atoms with Gasteiger partial charge in [0, 0.05) is 6.54 Å². The first-order valence-corrected chi connectivity index (χ1v) is 17.7. The molecule has 2 bridgehead atoms. The Bertz CT molecular complexity index is 1910. The van der Waals surface area contributed by atoms with Crippen LogP contribution in [0.5, 0.6) is 11.5 Å². The summed E-state index contributed by atoms with van der Waals surface area (Å²) in [5.41, 5.74) is -2.60. The van der Waals surface area contributed by atoms with Crippen LogP contribution in [0, 0.1) is 0 Å². The highest BCUT2D eigenvalue weighted by Crippen LogP contribution is 2.41. The van der Waals surface area contributed by atoms with E-state index in [0.717, 1.165) is 4.90 Å². The maximum Gasteiger partial charge on any atom is 0.352 e. The minimum Gasteiger partial charge on any atom is -0.503 e. The Kier molecular flexibility index (Phi) is 14.6. The largest absolute Gasteiger partial charge is 0.503 e. The smallest absolute Gasteiger partial charge is 0.352 e. The Morgan fingerprint density at radius 3 is 2.27 bits per heavy atom. The first kappa shape index (κ1) is 44.7. The fourth-order valence-electron chi connectivity index (χ4n) is 5.95. The van der Waals surface area contributed by atoms with E-state index in [2.05, 4.69) is 22.5 Å². The molecular weight excluding hydrogens is 756 g/mol. The van der Waals surface area contributed by atoms with Crippen molar-refractivity contribution in [1.82, 2.24) is 31.1 Å². The van der Waals surface area contributed by atoms with Crippen molar-refractivity contribution in [3.63, 3.8) is 0 Å². The molecule has 2 aliphatic rings. The van der Waals surface area contributed by atoms with Crippen LogP contribution in [0.3, 0.4) is 0 Å². The summed E-state index contributed by atoms with van der Waals surface area (Å²) in [5, 5.41) is 50.2. The van der Waals surface area contributed by atoms with Crippen LogP contribution in [0.2, 0.25) is 5.02 Å². The molecule has 1 aromatic rings. The molecule has 304 valence electrons. The van der Waals surface area contributed by atoms with E-state index in [4.69, 9.17) is 21.4 Å². The van der Waals surface area contributed by atoms with Gasteiger partial charge in [-0.3, -0.25) is 28.9 Å². The second-order valence-corrected chi connectivity index (χ2v) is 14.1. The van der Waals surface area contributed by atoms with Crippen LogP contribution in [-0.2, 0) is 33.6 Å². The van der Waals surface area contributed by atoms with Gasteiger partial charge >= 0.3 is 11.9 Å². The number of nitrogens with zero attached hydrogens (tertiary/aromatic N) is 2. The molecule has 6 atom stereocenters. The van der Waals surface area contributed by atoms with Crippen LogP contribution < -0.4 is 26.0 Å². The molecule has 3 rings (SSSR count). The zero-order valence-corrected chi connectivity index (χ0v) is 32.7. The number of fused-ring (bicyclic) bond motifs is 2. The second kappa shape index (κ2) is 18.3. The van der Waals surface area contributed by atoms with E-state index in [0.29, 0.717) is 0 Å². The van der Waals surface area contributed by atoms with Crippen LogP contribution in [0.1, 0.15) is 59.1 Å². The number of aliphatic hydroxyl groups is 1. The molecule has 1 unspecified atom stereocenters. The predicted octanol–water partition coefficient (Wildman–Crippen LogP) is 0.853. The van der Waals surface area contributed by atoms with E-state index >= 15 is 0 Å². The number of aromatic hydroxyl groups is 1. The lowest BCUT2D eigenvalue weighted by atomic mass is 9.90. The van der Waals surface area contributed by atoms with Crippen molar-refractivity contribution in [3.8, 4) is 11.5 Å². The highest BCUT2D eigenvalue weighted by Gasteiger charge is 2.48. The maximum atomic E-state index is 14.7. The van der Waals surface area contributed by atoms with E-state index in [1.165, 1.54) is 64.1 Å². The summed E-state index contributed by atoms with van der Waals surface area (Å²) in [5.74, 6) is -8.88. The number of aliphatic carboxylic acids is 2. The van der Waals surface area contributed by atoms with Gasteiger partial charge in [-0.1, -0.05) is 44.2 Å². The van der Waals surface area contributed by atoms with Gasteiger partial charge < -0.3 is 51.3 Å². The number of carboxylic acid groups (broad SMARTS) is 2. The lowest BCUT2D eigenvalue weighted by molar-refractivity contribution is -0.146. The van der Waals surface area contributed by atoms with Crippen molar-refractivity contribution < 1.29 is 58.7 Å². The number of benzene rings is 1. The minimum atomic E-state index is -1.75. The van der Waals surface area contributed by atoms with Gasteiger partial charge in [-0.2, -0.15) is 0 Å². The number of phenolic OH excluding ortho intramolecular Hbond substituents is 1. The van der Waals surface area contributed by atoms with E-state index in [9.17, 15) is 48.9 Å². The van der Waals surface area contributed by atoms with Gasteiger partial charge in [0.1, 0.15) is 47.3 Å². The third kappa shape index (κ3) is 9.92. The fourth-order valence-corrected chi connectivity index (χ4v) is 6.17. The van der Waals surface area contributed by atoms with Crippen molar-refractivity contribution in [1.29, 1.82) is 0 Å². The summed E-state index contributed by atoms with van der Waals surface area (Å²) in [4.78, 5) is 94.7. The fraction of sp³-hybridized carbons (Fsp3) is 0.432. The molecule has 0 spiro atoms. The Morgan fingerprint density at radius 1 is 1.09 bits per heavy atom. The number of likely N-dealkylation sites (N-methyl/N-ethyl adjacent to an activating group) is 1. The number of amides is 5. The Morgan fingerprint density at radius 2 is 1.73 bits per heavy atom. The SMILES string of the molecule is C=C(C)[C@@H]1NC(=O)[C@@H](N(C)C)[C@@H](O)c2cc(Cl)c(O)c(c2)O[C@](C)(CC)[C@@H](C(=O)N2CC=CC2C(=O)N/C(C(=O)N/C(=C/C(=O)O)C(=O)O)=C(\C)CC)NC1=O. The summed E-state index contributed by atoms with van der Waals surface area (Å²) in [7, 11) is 3.05. The first-order chi connectivity index (χ1) is 26.1. The number of hydrogen-bond donors (Lipinski definition) is 8. The Labute approximate surface area is 327 Å². The number of phenols is 1. The van der Waals surface area contributed by atoms with E-state index < -0.39 is 94.5 Å². The Balaban J connectivity index is 2.13. The number of carboxylic acids is 2. The van der Waals surface area contributed by atoms with Gasteiger partial charge in [-0.15, -0.1) is 0 Å². The number of carbonyl (C=O) groups is 7. The Hall–Kier alpha value is -5.72. The number of allylic oxidation sites excluding steroid dienone is 1. The average Bonchev–Trinajstić information content (AvgIpc) is 3.62. The molecule has 0 radical (unpaired) electrons. The summed E-state index contributed by atoms with van der Waals surface area (Å²) in [6, 6.07) is -3.28. The summed E-state index contributed by atoms with van der Waals surface area (Å²) in [6.07, 6.45) is 1.73. The van der Waals surface area contributed by atoms with Crippen molar-refractivity contribution in [2.45, 2.75) is 83.3 Å². The van der Waals surface area contributed by atoms with Crippen LogP contribution in [-0.4, -0.2) is 122 Å². The standard InChI is InChI=1S/C37H47ClN6O12/c1-9-18(5)26(33(51)39-21(36(54)55)16-24(45)46)41-31(49)22-12-11-13-44(22)35(53)30-37(6,10-2)56-23-15-19(14-20(38)29(23)48)28(47)27(43(7)8)34(52)40-25(17(3)4)32(50)42-30/h11-12,14-16,22,25,27-28,30,47-48H,3,9-10,13H2,1-2,4-8H3,(H,39,51)(H,40,52)(H,41,49)(H,42,50)(H,45,46)(H,54,55)/b21-16+,26-18+/t22?,25-,27-,28-,30+,37+/m0/s1. The summed E-state index contributed by atoms with van der Waals surface area (Å²) < 4.78 is 6.32. The van der Waals surface area contributed by atoms with E-state index in [1.54, 1.807) is 13.8 Å². The molecular formula is C37H47ClN6O12. The quantitative estimate of drug-likeness (QED) is 0.114. The first-order valence-electron chi connectivity index (χ1n) is 17.4. The maximum absolute atomic E-state index is 14.7. The molecule has 56 heavy (non-hydrogen) atoms. The van der Waals surface area contributed by atoms with Crippen molar-refractivity contribution >= 4 is 53.1 Å². The molecule has 0 aliphatic carbocycles. The van der Waals surface area contributed by atoms with Crippen molar-refractivity contribution in [2.75, 3.05) is 20.6 Å². The lowest BCUT2D eigenvalue weighted by Crippen LogP contribution is -2.65. The van der Waals surface area contributed by atoms with E-state index in [1.807, 2.05) is 5.32 Å². The van der Waals surface area contributed by atoms with Gasteiger partial charge in [0.05, 0.1) is 11.1 Å². The highest BCUT2D eigenvalue weighted by atomic mass is 35.5. The van der Waals surface area contributed by atoms with Gasteiger partial charge in [0.15, 0.2) is 11.5 Å². The zero-order valence-electron chi connectivity index (χ0n) is 31.9. The third-order valence-corrected chi connectivity index (χ3v) is 9.72. The van der Waals surface area contributed by atoms with Crippen LogP contribution in [0.25, 0.3) is 0 Å². The topological polar surface area (TPSA) is 264 Å². The zero-order chi connectivity index (χ0) is 42.4. The number of rotatable bonds is 11. The van der Waals surface area contributed by atoms with Gasteiger partial charge in [-0.05, 0) is 76.6 Å². The number of ether oxygens (including phenoxy) is 1. The van der Waals surface area contributed by atoms with Gasteiger partial charge in [0.25, 0.3) is 17.7 Å². The molecule has 2 aliphatic heterocycles. The van der Waals surface area contributed by atoms with Gasteiger partial charge in [0.2, 0.25) is 11.8 Å². The third-order valence-electron chi connectivity index (χ3n) is 9.43. The molecule has 0 saturated heterocycles. The minimum absolute atomic E-state index is 0.0192. The number of halogens is 1. The number of nitrogens with one attached hydrogen (secondary N) is 4. The van der Waals surface area contributed by atoms with E-state index in [-0.39, 0.29) is 52.9 Å². The monoisotopic (exact) mass is 802 g/mol. The lowest BCUT2D eigenvalue weighted by Gasteiger charge is -2.40. The van der Waals surface area contributed by atoms with Crippen molar-refractivity contribution in [3.05, 3.63) is 70.1 Å². The molecule has 0 saturated carbocycles.